The smallest absolute Gasteiger partial charge is 0.221 e. The zero-order valence-electron chi connectivity index (χ0n) is 8.50. The van der Waals surface area contributed by atoms with Crippen LogP contribution in [0.5, 0.6) is 0 Å². The molecule has 0 radical (unpaired) electrons. The first-order valence-electron chi connectivity index (χ1n) is 4.70. The van der Waals surface area contributed by atoms with Gasteiger partial charge >= 0.3 is 0 Å². The van der Waals surface area contributed by atoms with Gasteiger partial charge in [0.05, 0.1) is 0 Å². The number of rotatable bonds is 2. The highest BCUT2D eigenvalue weighted by Crippen LogP contribution is 2.13. The summed E-state index contributed by atoms with van der Waals surface area (Å²) < 4.78 is 0.740. The van der Waals surface area contributed by atoms with Gasteiger partial charge in [-0.2, -0.15) is 9.71 Å². The number of pyridine rings is 1. The minimum absolute atomic E-state index is 0.146. The molecule has 6 heteroatoms. The van der Waals surface area contributed by atoms with E-state index in [4.69, 9.17) is 11.5 Å². The van der Waals surface area contributed by atoms with Crippen LogP contribution in [0.15, 0.2) is 30.7 Å². The summed E-state index contributed by atoms with van der Waals surface area (Å²) >= 11 is 0. The highest BCUT2D eigenvalue weighted by Gasteiger charge is 2.05. The molecule has 16 heavy (non-hydrogen) atoms. The van der Waals surface area contributed by atoms with E-state index < -0.39 is 0 Å². The Labute approximate surface area is 92.2 Å². The van der Waals surface area contributed by atoms with Crippen LogP contribution in [0.25, 0.3) is 0 Å². The Bertz CT molecular complexity index is 514. The summed E-state index contributed by atoms with van der Waals surface area (Å²) in [4.78, 5) is 7.71. The van der Waals surface area contributed by atoms with Crippen molar-refractivity contribution in [3.05, 3.63) is 47.1 Å². The molecule has 0 aliphatic rings. The average Bonchev–Trinajstić information content (AvgIpc) is 2.22. The zero-order valence-corrected chi connectivity index (χ0v) is 8.50. The van der Waals surface area contributed by atoms with Gasteiger partial charge in [-0.1, -0.05) is 0 Å². The molecule has 0 saturated carbocycles. The Morgan fingerprint density at radius 2 is 2.19 bits per heavy atom. The summed E-state index contributed by atoms with van der Waals surface area (Å²) in [5.74, 6) is 0.488. The summed E-state index contributed by atoms with van der Waals surface area (Å²) in [5, 5.41) is 11.1. The highest BCUT2D eigenvalue weighted by atomic mass is 16.5. The van der Waals surface area contributed by atoms with E-state index in [2.05, 4.69) is 9.97 Å². The topological polar surface area (TPSA) is 105 Å². The molecule has 82 valence electrons. The number of nitrogen functional groups attached to an aromatic ring is 2. The fourth-order valence-corrected chi connectivity index (χ4v) is 1.40. The van der Waals surface area contributed by atoms with Crippen molar-refractivity contribution >= 4 is 11.8 Å². The molecule has 0 bridgehead atoms. The largest absolute Gasteiger partial charge is 0.619 e. The number of nitrogens with two attached hydrogens (primary N) is 2. The van der Waals surface area contributed by atoms with E-state index in [-0.39, 0.29) is 5.95 Å². The van der Waals surface area contributed by atoms with Crippen LogP contribution in [0.1, 0.15) is 11.1 Å². The van der Waals surface area contributed by atoms with Gasteiger partial charge in [0.25, 0.3) is 0 Å². The van der Waals surface area contributed by atoms with Crippen molar-refractivity contribution < 1.29 is 4.73 Å². The average molecular weight is 217 g/mol. The summed E-state index contributed by atoms with van der Waals surface area (Å²) in [6, 6.07) is 3.51. The Balaban J connectivity index is 2.27. The molecule has 4 N–H and O–H groups in total. The predicted molar refractivity (Wildman–Crippen MR) is 59.1 cm³/mol. The number of hydrogen-bond acceptors (Lipinski definition) is 5. The normalized spacial score (nSPS) is 10.2. The van der Waals surface area contributed by atoms with E-state index in [9.17, 15) is 5.21 Å². The lowest BCUT2D eigenvalue weighted by Gasteiger charge is -2.04. The molecule has 0 fully saturated rings. The summed E-state index contributed by atoms with van der Waals surface area (Å²) in [7, 11) is 0. The van der Waals surface area contributed by atoms with Crippen LogP contribution in [0, 0.1) is 5.21 Å². The van der Waals surface area contributed by atoms with Gasteiger partial charge in [0.2, 0.25) is 5.95 Å². The number of anilines is 2. The second kappa shape index (κ2) is 4.01. The third-order valence-electron chi connectivity index (χ3n) is 2.15. The summed E-state index contributed by atoms with van der Waals surface area (Å²) in [6.45, 7) is 0. The minimum atomic E-state index is 0.146. The van der Waals surface area contributed by atoms with Crippen molar-refractivity contribution in [3.8, 4) is 0 Å². The first kappa shape index (κ1) is 10.2. The van der Waals surface area contributed by atoms with Crippen LogP contribution in [0.3, 0.4) is 0 Å². The van der Waals surface area contributed by atoms with E-state index in [0.29, 0.717) is 12.2 Å². The first-order valence-corrected chi connectivity index (χ1v) is 4.70. The lowest BCUT2D eigenvalue weighted by Crippen LogP contribution is -2.24. The van der Waals surface area contributed by atoms with Crippen molar-refractivity contribution in [2.24, 2.45) is 0 Å². The molecule has 0 spiro atoms. The Hall–Kier alpha value is -2.37. The Kier molecular flexibility index (Phi) is 2.55. The second-order valence-corrected chi connectivity index (χ2v) is 3.39. The Morgan fingerprint density at radius 3 is 2.88 bits per heavy atom. The molecule has 0 atom stereocenters. The van der Waals surface area contributed by atoms with Crippen LogP contribution in [0.4, 0.5) is 11.8 Å². The van der Waals surface area contributed by atoms with Crippen LogP contribution in [-0.4, -0.2) is 9.97 Å². The molecule has 0 unspecified atom stereocenters. The molecule has 2 aromatic heterocycles. The molecule has 2 rings (SSSR count). The standard InChI is InChI=1S/C10H11N5O/c11-9-8(5-13-10(12)14-9)4-7-2-1-3-15(16)6-7/h1-3,5-6H,4H2,(H4,11,12,13,14). The Morgan fingerprint density at radius 1 is 1.38 bits per heavy atom. The van der Waals surface area contributed by atoms with Crippen molar-refractivity contribution in [2.45, 2.75) is 6.42 Å². The zero-order chi connectivity index (χ0) is 11.5. The second-order valence-electron chi connectivity index (χ2n) is 3.39. The van der Waals surface area contributed by atoms with E-state index in [1.165, 1.54) is 12.4 Å². The fraction of sp³-hybridized carbons (Fsp3) is 0.100. The molecule has 0 aromatic carbocycles. The van der Waals surface area contributed by atoms with Crippen molar-refractivity contribution in [2.75, 3.05) is 11.5 Å². The summed E-state index contributed by atoms with van der Waals surface area (Å²) in [6.07, 6.45) is 4.98. The SMILES string of the molecule is Nc1ncc(Cc2ccc[n+]([O-])c2)c(N)n1. The molecule has 0 amide bonds. The number of aromatic nitrogens is 3. The van der Waals surface area contributed by atoms with Gasteiger partial charge in [0.1, 0.15) is 5.82 Å². The highest BCUT2D eigenvalue weighted by molar-refractivity contribution is 5.43. The molecule has 2 aromatic rings. The lowest BCUT2D eigenvalue weighted by atomic mass is 10.1. The van der Waals surface area contributed by atoms with Gasteiger partial charge in [0, 0.05) is 29.8 Å². The van der Waals surface area contributed by atoms with Gasteiger partial charge in [0.15, 0.2) is 12.4 Å². The van der Waals surface area contributed by atoms with Gasteiger partial charge in [-0.3, -0.25) is 0 Å². The van der Waals surface area contributed by atoms with Crippen molar-refractivity contribution in [1.82, 2.24) is 9.97 Å². The molecule has 2 heterocycles. The minimum Gasteiger partial charge on any atom is -0.619 e. The van der Waals surface area contributed by atoms with Crippen LogP contribution in [0.2, 0.25) is 0 Å². The maximum Gasteiger partial charge on any atom is 0.221 e. The third-order valence-corrected chi connectivity index (χ3v) is 2.15. The molecular weight excluding hydrogens is 206 g/mol. The summed E-state index contributed by atoms with van der Waals surface area (Å²) in [5.41, 5.74) is 12.7. The first-order chi connectivity index (χ1) is 7.65. The molecule has 0 saturated heterocycles. The van der Waals surface area contributed by atoms with Crippen molar-refractivity contribution in [1.29, 1.82) is 0 Å². The van der Waals surface area contributed by atoms with Gasteiger partial charge in [-0.05, 0) is 6.07 Å². The maximum absolute atomic E-state index is 11.1. The maximum atomic E-state index is 11.1. The third kappa shape index (κ3) is 2.17. The van der Waals surface area contributed by atoms with E-state index in [0.717, 1.165) is 15.9 Å². The van der Waals surface area contributed by atoms with Gasteiger partial charge in [-0.25, -0.2) is 4.98 Å². The molecule has 6 nitrogen and oxygen atoms in total. The van der Waals surface area contributed by atoms with Crippen LogP contribution < -0.4 is 16.2 Å². The molecule has 0 aliphatic heterocycles. The van der Waals surface area contributed by atoms with Crippen LogP contribution >= 0.6 is 0 Å². The van der Waals surface area contributed by atoms with Crippen LogP contribution in [-0.2, 0) is 6.42 Å². The predicted octanol–water partition coefficient (Wildman–Crippen LogP) is -0.135. The van der Waals surface area contributed by atoms with E-state index in [1.54, 1.807) is 12.3 Å². The molecular formula is C10H11N5O. The molecule has 0 aliphatic carbocycles. The number of hydrogen-bond donors (Lipinski definition) is 2. The number of nitrogens with zero attached hydrogens (tertiary/aromatic N) is 3. The van der Waals surface area contributed by atoms with E-state index in [1.807, 2.05) is 6.07 Å². The van der Waals surface area contributed by atoms with Gasteiger partial charge < -0.3 is 16.7 Å². The van der Waals surface area contributed by atoms with Gasteiger partial charge in [-0.15, -0.1) is 0 Å². The van der Waals surface area contributed by atoms with Crippen molar-refractivity contribution in [3.63, 3.8) is 0 Å². The van der Waals surface area contributed by atoms with E-state index >= 15 is 0 Å². The lowest BCUT2D eigenvalue weighted by molar-refractivity contribution is -0.605. The monoisotopic (exact) mass is 217 g/mol. The quantitative estimate of drug-likeness (QED) is 0.538. The fourth-order valence-electron chi connectivity index (χ4n) is 1.40.